The van der Waals surface area contributed by atoms with Gasteiger partial charge >= 0.3 is 0 Å². The third-order valence-corrected chi connectivity index (χ3v) is 4.04. The number of benzene rings is 2. The van der Waals surface area contributed by atoms with E-state index in [1.54, 1.807) is 25.3 Å². The fourth-order valence-corrected chi connectivity index (χ4v) is 2.72. The lowest BCUT2D eigenvalue weighted by Gasteiger charge is -2.15. The lowest BCUT2D eigenvalue weighted by atomic mass is 10.2. The number of amides is 1. The molecule has 26 heavy (non-hydrogen) atoms. The number of para-hydroxylation sites is 4. The molecule has 1 saturated heterocycles. The number of anilines is 1. The predicted octanol–water partition coefficient (Wildman–Crippen LogP) is 3.27. The number of ether oxygens (including phenoxy) is 4. The molecule has 2 aromatic rings. The molecular weight excluding hydrogens is 334 g/mol. The van der Waals surface area contributed by atoms with Crippen molar-refractivity contribution in [3.8, 4) is 17.2 Å². The predicted molar refractivity (Wildman–Crippen MR) is 98.0 cm³/mol. The van der Waals surface area contributed by atoms with Crippen molar-refractivity contribution in [3.05, 3.63) is 48.5 Å². The average molecular weight is 357 g/mol. The Balaban J connectivity index is 1.55. The summed E-state index contributed by atoms with van der Waals surface area (Å²) in [7, 11) is 1.56. The summed E-state index contributed by atoms with van der Waals surface area (Å²) in [6.45, 7) is 1.14. The van der Waals surface area contributed by atoms with E-state index in [1.807, 2.05) is 30.3 Å². The lowest BCUT2D eigenvalue weighted by molar-refractivity contribution is -0.118. The Morgan fingerprint density at radius 2 is 1.81 bits per heavy atom. The zero-order chi connectivity index (χ0) is 18.2. The molecule has 6 nitrogen and oxygen atoms in total. The first-order valence-electron chi connectivity index (χ1n) is 8.65. The fraction of sp³-hybridized carbons (Fsp3) is 0.350. The Bertz CT molecular complexity index is 728. The van der Waals surface area contributed by atoms with Crippen LogP contribution in [0.5, 0.6) is 17.2 Å². The van der Waals surface area contributed by atoms with Crippen molar-refractivity contribution >= 4 is 11.6 Å². The molecule has 1 fully saturated rings. The van der Waals surface area contributed by atoms with Crippen molar-refractivity contribution in [1.29, 1.82) is 0 Å². The van der Waals surface area contributed by atoms with Crippen LogP contribution in [0.4, 0.5) is 5.69 Å². The molecule has 1 aliphatic rings. The van der Waals surface area contributed by atoms with Crippen LogP contribution in [0.1, 0.15) is 12.8 Å². The zero-order valence-corrected chi connectivity index (χ0v) is 14.8. The topological polar surface area (TPSA) is 66.0 Å². The van der Waals surface area contributed by atoms with Crippen molar-refractivity contribution in [2.75, 3.05) is 32.2 Å². The van der Waals surface area contributed by atoms with Gasteiger partial charge in [-0.3, -0.25) is 4.79 Å². The van der Waals surface area contributed by atoms with E-state index in [1.165, 1.54) is 0 Å². The Morgan fingerprint density at radius 1 is 1.08 bits per heavy atom. The van der Waals surface area contributed by atoms with Gasteiger partial charge in [-0.05, 0) is 37.1 Å². The van der Waals surface area contributed by atoms with E-state index in [2.05, 4.69) is 5.32 Å². The van der Waals surface area contributed by atoms with Gasteiger partial charge in [0.2, 0.25) is 0 Å². The van der Waals surface area contributed by atoms with Gasteiger partial charge in [0, 0.05) is 6.61 Å². The van der Waals surface area contributed by atoms with E-state index in [0.29, 0.717) is 29.5 Å². The molecule has 0 bridgehead atoms. The zero-order valence-electron chi connectivity index (χ0n) is 14.8. The Kier molecular flexibility index (Phi) is 6.33. The van der Waals surface area contributed by atoms with Crippen LogP contribution in [0, 0.1) is 0 Å². The number of methoxy groups -OCH3 is 1. The minimum Gasteiger partial charge on any atom is -0.493 e. The molecule has 1 atom stereocenters. The van der Waals surface area contributed by atoms with Crippen molar-refractivity contribution in [2.45, 2.75) is 18.9 Å². The van der Waals surface area contributed by atoms with Gasteiger partial charge in [0.15, 0.2) is 18.1 Å². The maximum atomic E-state index is 12.2. The molecule has 0 saturated carbocycles. The van der Waals surface area contributed by atoms with Crippen LogP contribution in [-0.2, 0) is 9.53 Å². The van der Waals surface area contributed by atoms with Gasteiger partial charge in [-0.25, -0.2) is 0 Å². The first-order chi connectivity index (χ1) is 12.8. The molecule has 6 heteroatoms. The third-order valence-electron chi connectivity index (χ3n) is 4.04. The quantitative estimate of drug-likeness (QED) is 0.785. The molecule has 1 heterocycles. The third kappa shape index (κ3) is 4.89. The number of carbonyl (C=O) groups is 1. The van der Waals surface area contributed by atoms with Crippen LogP contribution in [-0.4, -0.2) is 38.9 Å². The van der Waals surface area contributed by atoms with Gasteiger partial charge in [-0.15, -0.1) is 0 Å². The van der Waals surface area contributed by atoms with Crippen LogP contribution < -0.4 is 19.5 Å². The first-order valence-corrected chi connectivity index (χ1v) is 8.65. The number of hydrogen-bond donors (Lipinski definition) is 1. The summed E-state index contributed by atoms with van der Waals surface area (Å²) in [4.78, 5) is 12.2. The highest BCUT2D eigenvalue weighted by atomic mass is 16.5. The molecule has 3 rings (SSSR count). The number of nitrogens with one attached hydrogen (secondary N) is 1. The molecule has 2 aromatic carbocycles. The van der Waals surface area contributed by atoms with Crippen LogP contribution >= 0.6 is 0 Å². The number of rotatable bonds is 8. The molecule has 1 amide bonds. The minimum atomic E-state index is -0.274. The molecule has 0 aromatic heterocycles. The first kappa shape index (κ1) is 18.1. The highest BCUT2D eigenvalue weighted by molar-refractivity contribution is 5.93. The van der Waals surface area contributed by atoms with E-state index in [9.17, 15) is 4.79 Å². The molecule has 138 valence electrons. The monoisotopic (exact) mass is 357 g/mol. The van der Waals surface area contributed by atoms with E-state index in [4.69, 9.17) is 18.9 Å². The Labute approximate surface area is 153 Å². The van der Waals surface area contributed by atoms with Gasteiger partial charge in [-0.2, -0.15) is 0 Å². The lowest BCUT2D eigenvalue weighted by Crippen LogP contribution is -2.21. The van der Waals surface area contributed by atoms with Crippen LogP contribution in [0.2, 0.25) is 0 Å². The summed E-state index contributed by atoms with van der Waals surface area (Å²) >= 11 is 0. The number of carbonyl (C=O) groups excluding carboxylic acids is 1. The van der Waals surface area contributed by atoms with Crippen molar-refractivity contribution in [1.82, 2.24) is 0 Å². The summed E-state index contributed by atoms with van der Waals surface area (Å²) < 4.78 is 22.1. The molecule has 1 N–H and O–H groups in total. The summed E-state index contributed by atoms with van der Waals surface area (Å²) in [6, 6.07) is 14.5. The van der Waals surface area contributed by atoms with E-state index >= 15 is 0 Å². The summed E-state index contributed by atoms with van der Waals surface area (Å²) in [5.41, 5.74) is 0.610. The summed E-state index contributed by atoms with van der Waals surface area (Å²) in [5.74, 6) is 1.45. The van der Waals surface area contributed by atoms with E-state index in [0.717, 1.165) is 19.4 Å². The Morgan fingerprint density at radius 3 is 2.54 bits per heavy atom. The number of hydrogen-bond acceptors (Lipinski definition) is 5. The van der Waals surface area contributed by atoms with Gasteiger partial charge in [-0.1, -0.05) is 24.3 Å². The highest BCUT2D eigenvalue weighted by Crippen LogP contribution is 2.27. The van der Waals surface area contributed by atoms with E-state index < -0.39 is 0 Å². The smallest absolute Gasteiger partial charge is 0.262 e. The van der Waals surface area contributed by atoms with Gasteiger partial charge in [0.05, 0.1) is 18.9 Å². The van der Waals surface area contributed by atoms with Crippen LogP contribution in [0.15, 0.2) is 48.5 Å². The van der Waals surface area contributed by atoms with Gasteiger partial charge in [0.1, 0.15) is 12.4 Å². The summed E-state index contributed by atoms with van der Waals surface area (Å²) in [5, 5.41) is 2.82. The van der Waals surface area contributed by atoms with Gasteiger partial charge < -0.3 is 24.3 Å². The largest absolute Gasteiger partial charge is 0.493 e. The van der Waals surface area contributed by atoms with Crippen LogP contribution in [0.25, 0.3) is 0 Å². The van der Waals surface area contributed by atoms with E-state index in [-0.39, 0.29) is 18.6 Å². The molecule has 1 aliphatic heterocycles. The SMILES string of the molecule is COc1ccccc1OCC(=O)Nc1ccccc1OC[C@H]1CCCO1. The summed E-state index contributed by atoms with van der Waals surface area (Å²) in [6.07, 6.45) is 2.18. The molecule has 0 aliphatic carbocycles. The second kappa shape index (κ2) is 9.10. The van der Waals surface area contributed by atoms with Crippen LogP contribution in [0.3, 0.4) is 0 Å². The second-order valence-electron chi connectivity index (χ2n) is 5.93. The Hall–Kier alpha value is -2.73. The fourth-order valence-electron chi connectivity index (χ4n) is 2.72. The standard InChI is InChI=1S/C20H23NO5/c1-23-18-10-4-5-11-19(18)26-14-20(22)21-16-8-2-3-9-17(16)25-13-15-7-6-12-24-15/h2-5,8-11,15H,6-7,12-14H2,1H3,(H,21,22)/t15-/m1/s1. The molecule has 0 radical (unpaired) electrons. The van der Waals surface area contributed by atoms with Crippen molar-refractivity contribution < 1.29 is 23.7 Å². The van der Waals surface area contributed by atoms with Crippen molar-refractivity contribution in [2.24, 2.45) is 0 Å². The second-order valence-corrected chi connectivity index (χ2v) is 5.93. The normalized spacial score (nSPS) is 16.1. The maximum Gasteiger partial charge on any atom is 0.262 e. The van der Waals surface area contributed by atoms with Gasteiger partial charge in [0.25, 0.3) is 5.91 Å². The minimum absolute atomic E-state index is 0.118. The van der Waals surface area contributed by atoms with Crippen molar-refractivity contribution in [3.63, 3.8) is 0 Å². The molecule has 0 spiro atoms. The molecular formula is C20H23NO5. The maximum absolute atomic E-state index is 12.2. The average Bonchev–Trinajstić information content (AvgIpc) is 3.19. The highest BCUT2D eigenvalue weighted by Gasteiger charge is 2.17. The molecule has 0 unspecified atom stereocenters.